The average Bonchev–Trinajstić information content (AvgIpc) is 3.10. The van der Waals surface area contributed by atoms with E-state index in [2.05, 4.69) is 20.8 Å². The van der Waals surface area contributed by atoms with Crippen molar-refractivity contribution in [1.29, 1.82) is 0 Å². The van der Waals surface area contributed by atoms with E-state index < -0.39 is 0 Å². The first-order valence-corrected chi connectivity index (χ1v) is 13.8. The number of unbranched alkanes of at least 4 members (excludes halogenated alkanes) is 6. The van der Waals surface area contributed by atoms with E-state index in [4.69, 9.17) is 4.74 Å². The number of fused-ring (bicyclic) bond motifs is 5. The fraction of sp³-hybridized carbons (Fsp3) is 0.862. The van der Waals surface area contributed by atoms with Crippen LogP contribution in [0.3, 0.4) is 0 Å². The van der Waals surface area contributed by atoms with E-state index in [9.17, 15) is 9.59 Å². The highest BCUT2D eigenvalue weighted by Crippen LogP contribution is 2.65. The van der Waals surface area contributed by atoms with Gasteiger partial charge in [0.05, 0.1) is 0 Å². The summed E-state index contributed by atoms with van der Waals surface area (Å²) >= 11 is 0. The molecule has 0 spiro atoms. The lowest BCUT2D eigenvalue weighted by molar-refractivity contribution is -0.160. The number of carbonyl (C=O) groups is 2. The number of rotatable bonds is 9. The number of ketones is 1. The third-order valence-corrected chi connectivity index (χ3v) is 10.1. The van der Waals surface area contributed by atoms with Gasteiger partial charge >= 0.3 is 5.97 Å². The van der Waals surface area contributed by atoms with E-state index in [1.165, 1.54) is 63.4 Å². The molecule has 3 nitrogen and oxygen atoms in total. The van der Waals surface area contributed by atoms with Gasteiger partial charge in [0, 0.05) is 18.3 Å². The number of hydrogen-bond donors (Lipinski definition) is 0. The SMILES string of the molecule is CCCCCCCCCC(=O)OC1CC[C@H]2[C@@H]3CCC4=CC(=O)CC[C@]4(C)[C@@H]3CC[C@]12C. The molecule has 0 aromatic rings. The molecule has 0 aliphatic heterocycles. The van der Waals surface area contributed by atoms with Gasteiger partial charge in [0.2, 0.25) is 0 Å². The average molecular weight is 443 g/mol. The maximum Gasteiger partial charge on any atom is 0.306 e. The van der Waals surface area contributed by atoms with Gasteiger partial charge in [-0.1, -0.05) is 64.9 Å². The zero-order valence-electron chi connectivity index (χ0n) is 20.9. The molecule has 3 saturated carbocycles. The van der Waals surface area contributed by atoms with Crippen LogP contribution >= 0.6 is 0 Å². The van der Waals surface area contributed by atoms with Crippen LogP contribution in [-0.4, -0.2) is 17.9 Å². The normalized spacial score (nSPS) is 38.5. The Morgan fingerprint density at radius 3 is 2.47 bits per heavy atom. The third-order valence-electron chi connectivity index (χ3n) is 10.1. The highest BCUT2D eigenvalue weighted by atomic mass is 16.5. The lowest BCUT2D eigenvalue weighted by Gasteiger charge is -2.57. The van der Waals surface area contributed by atoms with Crippen molar-refractivity contribution in [3.63, 3.8) is 0 Å². The first-order chi connectivity index (χ1) is 15.4. The van der Waals surface area contributed by atoms with Gasteiger partial charge in [-0.15, -0.1) is 0 Å². The second kappa shape index (κ2) is 10.0. The summed E-state index contributed by atoms with van der Waals surface area (Å²) in [5, 5.41) is 0. The fourth-order valence-corrected chi connectivity index (χ4v) is 8.15. The largest absolute Gasteiger partial charge is 0.462 e. The van der Waals surface area contributed by atoms with Crippen molar-refractivity contribution in [1.82, 2.24) is 0 Å². The quantitative estimate of drug-likeness (QED) is 0.273. The maximum absolute atomic E-state index is 12.6. The minimum atomic E-state index is 0.0409. The molecule has 0 bridgehead atoms. The molecule has 1 unspecified atom stereocenters. The lowest BCUT2D eigenvalue weighted by Crippen LogP contribution is -2.51. The summed E-state index contributed by atoms with van der Waals surface area (Å²) in [7, 11) is 0. The smallest absolute Gasteiger partial charge is 0.306 e. The van der Waals surface area contributed by atoms with Crippen molar-refractivity contribution in [3.05, 3.63) is 11.6 Å². The zero-order valence-corrected chi connectivity index (χ0v) is 20.9. The van der Waals surface area contributed by atoms with Crippen LogP contribution in [0.1, 0.15) is 124 Å². The molecule has 3 heteroatoms. The molecule has 4 aliphatic rings. The Kier molecular flexibility index (Phi) is 7.52. The van der Waals surface area contributed by atoms with Gasteiger partial charge in [-0.3, -0.25) is 9.59 Å². The Hall–Kier alpha value is -1.12. The number of carbonyl (C=O) groups excluding carboxylic acids is 2. The molecule has 180 valence electrons. The maximum atomic E-state index is 12.6. The molecule has 6 atom stereocenters. The van der Waals surface area contributed by atoms with E-state index in [-0.39, 0.29) is 22.9 Å². The standard InChI is InChI=1S/C29H46O3/c1-4-5-6-7-8-9-10-11-27(31)32-26-15-14-24-23-13-12-21-20-22(30)16-18-28(21,2)25(23)17-19-29(24,26)3/h20,23-26H,4-19H2,1-3H3/t23-,24-,25+,26?,28-,29-/m0/s1. The van der Waals surface area contributed by atoms with Crippen LogP contribution < -0.4 is 0 Å². The van der Waals surface area contributed by atoms with Crippen molar-refractivity contribution >= 4 is 11.8 Å². The van der Waals surface area contributed by atoms with Crippen molar-refractivity contribution in [2.45, 2.75) is 130 Å². The minimum Gasteiger partial charge on any atom is -0.462 e. The van der Waals surface area contributed by atoms with Crippen molar-refractivity contribution < 1.29 is 14.3 Å². The molecule has 0 heterocycles. The number of ether oxygens (including phenoxy) is 1. The molecule has 3 fully saturated rings. The first-order valence-electron chi connectivity index (χ1n) is 13.8. The van der Waals surface area contributed by atoms with Gasteiger partial charge in [-0.05, 0) is 80.6 Å². The summed E-state index contributed by atoms with van der Waals surface area (Å²) in [5.74, 6) is 2.49. The minimum absolute atomic E-state index is 0.0409. The van der Waals surface area contributed by atoms with E-state index in [0.717, 1.165) is 44.4 Å². The van der Waals surface area contributed by atoms with Crippen LogP contribution in [0.2, 0.25) is 0 Å². The molecular formula is C29H46O3. The molecule has 4 rings (SSSR count). The molecule has 0 aromatic carbocycles. The molecule has 32 heavy (non-hydrogen) atoms. The van der Waals surface area contributed by atoms with Crippen LogP contribution in [0.5, 0.6) is 0 Å². The van der Waals surface area contributed by atoms with E-state index in [0.29, 0.717) is 24.0 Å². The molecule has 0 aromatic heterocycles. The van der Waals surface area contributed by atoms with Gasteiger partial charge < -0.3 is 4.74 Å². The predicted octanol–water partition coefficient (Wildman–Crippen LogP) is 7.57. The Bertz CT molecular complexity index is 724. The van der Waals surface area contributed by atoms with Crippen LogP contribution in [-0.2, 0) is 14.3 Å². The van der Waals surface area contributed by atoms with Gasteiger partial charge in [0.25, 0.3) is 0 Å². The van der Waals surface area contributed by atoms with Crippen LogP contribution in [0.4, 0.5) is 0 Å². The monoisotopic (exact) mass is 442 g/mol. The summed E-state index contributed by atoms with van der Waals surface area (Å²) in [5.41, 5.74) is 1.82. The Morgan fingerprint density at radius 1 is 0.938 bits per heavy atom. The second-order valence-corrected chi connectivity index (χ2v) is 11.9. The van der Waals surface area contributed by atoms with E-state index in [1.54, 1.807) is 0 Å². The Morgan fingerprint density at radius 2 is 1.69 bits per heavy atom. The van der Waals surface area contributed by atoms with Gasteiger partial charge in [-0.2, -0.15) is 0 Å². The van der Waals surface area contributed by atoms with Crippen molar-refractivity contribution in [2.75, 3.05) is 0 Å². The molecule has 0 saturated heterocycles. The molecular weight excluding hydrogens is 396 g/mol. The predicted molar refractivity (Wildman–Crippen MR) is 129 cm³/mol. The van der Waals surface area contributed by atoms with Crippen LogP contribution in [0.15, 0.2) is 11.6 Å². The lowest BCUT2D eigenvalue weighted by atomic mass is 9.47. The summed E-state index contributed by atoms with van der Waals surface area (Å²) in [6.45, 7) is 7.11. The highest BCUT2D eigenvalue weighted by molar-refractivity contribution is 5.91. The van der Waals surface area contributed by atoms with E-state index in [1.807, 2.05) is 6.08 Å². The third kappa shape index (κ3) is 4.60. The van der Waals surface area contributed by atoms with Crippen LogP contribution in [0.25, 0.3) is 0 Å². The second-order valence-electron chi connectivity index (χ2n) is 11.9. The van der Waals surface area contributed by atoms with E-state index >= 15 is 0 Å². The van der Waals surface area contributed by atoms with Crippen molar-refractivity contribution in [2.24, 2.45) is 28.6 Å². The number of allylic oxidation sites excluding steroid dienone is 1. The summed E-state index contributed by atoms with van der Waals surface area (Å²) in [6.07, 6.45) is 20.1. The summed E-state index contributed by atoms with van der Waals surface area (Å²) < 4.78 is 6.16. The Labute approximate surface area is 196 Å². The summed E-state index contributed by atoms with van der Waals surface area (Å²) in [4.78, 5) is 24.7. The Balaban J connectivity index is 1.31. The molecule has 0 radical (unpaired) electrons. The topological polar surface area (TPSA) is 43.4 Å². The van der Waals surface area contributed by atoms with Gasteiger partial charge in [0.15, 0.2) is 5.78 Å². The highest BCUT2D eigenvalue weighted by Gasteiger charge is 2.59. The van der Waals surface area contributed by atoms with Gasteiger partial charge in [-0.25, -0.2) is 0 Å². The molecule has 0 amide bonds. The number of hydrogen-bond acceptors (Lipinski definition) is 3. The molecule has 0 N–H and O–H groups in total. The van der Waals surface area contributed by atoms with Crippen molar-refractivity contribution in [3.8, 4) is 0 Å². The number of esters is 1. The first kappa shape index (κ1) is 24.0. The van der Waals surface area contributed by atoms with Crippen LogP contribution in [0, 0.1) is 28.6 Å². The molecule has 4 aliphatic carbocycles. The fourth-order valence-electron chi connectivity index (χ4n) is 8.15. The zero-order chi connectivity index (χ0) is 22.8. The van der Waals surface area contributed by atoms with Gasteiger partial charge in [0.1, 0.15) is 6.10 Å². The summed E-state index contributed by atoms with van der Waals surface area (Å²) in [6, 6.07) is 0.